The molecular weight excluding hydrogens is 293 g/mol. The van der Waals surface area contributed by atoms with Gasteiger partial charge in [0.1, 0.15) is 0 Å². The van der Waals surface area contributed by atoms with Gasteiger partial charge in [-0.05, 0) is 32.1 Å². The van der Waals surface area contributed by atoms with Gasteiger partial charge in [-0.3, -0.25) is 0 Å². The lowest BCUT2D eigenvalue weighted by Gasteiger charge is -2.18. The van der Waals surface area contributed by atoms with Gasteiger partial charge in [-0.2, -0.15) is 13.2 Å². The van der Waals surface area contributed by atoms with Gasteiger partial charge in [0.25, 0.3) is 0 Å². The fourth-order valence-electron chi connectivity index (χ4n) is 2.01. The number of hydrogen-bond acceptors (Lipinski definition) is 4. The van der Waals surface area contributed by atoms with Gasteiger partial charge in [-0.15, -0.1) is 0 Å². The van der Waals surface area contributed by atoms with Gasteiger partial charge in [-0.1, -0.05) is 12.2 Å². The van der Waals surface area contributed by atoms with Gasteiger partial charge in [0.15, 0.2) is 0 Å². The molecule has 0 saturated heterocycles. The molecule has 1 aromatic carbocycles. The van der Waals surface area contributed by atoms with Crippen LogP contribution in [0, 0.1) is 0 Å². The van der Waals surface area contributed by atoms with E-state index in [-0.39, 0.29) is 33.9 Å². The summed E-state index contributed by atoms with van der Waals surface area (Å²) in [5, 5.41) is 0. The Morgan fingerprint density at radius 3 is 1.86 bits per heavy atom. The minimum Gasteiger partial charge on any atom is -0.399 e. The molecule has 0 aromatic heterocycles. The predicted molar refractivity (Wildman–Crippen MR) is 84.1 cm³/mol. The van der Waals surface area contributed by atoms with Crippen LogP contribution in [-0.4, -0.2) is 0 Å². The van der Waals surface area contributed by atoms with Crippen LogP contribution in [0.5, 0.6) is 0 Å². The minimum atomic E-state index is -4.55. The molecule has 0 atom stereocenters. The number of anilines is 2. The highest BCUT2D eigenvalue weighted by Crippen LogP contribution is 2.38. The van der Waals surface area contributed by atoms with Crippen LogP contribution in [0.25, 0.3) is 5.57 Å². The summed E-state index contributed by atoms with van der Waals surface area (Å²) < 4.78 is 38.3. The second-order valence-corrected chi connectivity index (χ2v) is 5.10. The molecule has 0 bridgehead atoms. The molecule has 0 aliphatic carbocycles. The number of allylic oxidation sites excluding steroid dienone is 3. The fraction of sp³-hybridized carbons (Fsp3) is 0.200. The van der Waals surface area contributed by atoms with Crippen LogP contribution in [0.3, 0.4) is 0 Å². The van der Waals surface area contributed by atoms with E-state index in [0.29, 0.717) is 0 Å². The van der Waals surface area contributed by atoms with E-state index < -0.39 is 11.7 Å². The molecule has 0 fully saturated rings. The Labute approximate surface area is 127 Å². The SMILES string of the molecule is C=C(N)/C(=C(/N)C=C(C)C)c1c(N)cc(C(F)(F)F)cc1N. The quantitative estimate of drug-likeness (QED) is 0.508. The summed E-state index contributed by atoms with van der Waals surface area (Å²) in [7, 11) is 0. The Morgan fingerprint density at radius 1 is 1.09 bits per heavy atom. The Kier molecular flexibility index (Phi) is 4.80. The number of rotatable bonds is 3. The number of hydrogen-bond donors (Lipinski definition) is 4. The third-order valence-corrected chi connectivity index (χ3v) is 2.83. The highest BCUT2D eigenvalue weighted by atomic mass is 19.4. The van der Waals surface area contributed by atoms with Crippen molar-refractivity contribution in [1.29, 1.82) is 0 Å². The Bertz CT molecular complexity index is 643. The summed E-state index contributed by atoms with van der Waals surface area (Å²) >= 11 is 0. The highest BCUT2D eigenvalue weighted by molar-refractivity contribution is 5.92. The molecular formula is C15H19F3N4. The first-order valence-electron chi connectivity index (χ1n) is 6.31. The van der Waals surface area contributed by atoms with Crippen molar-refractivity contribution in [2.24, 2.45) is 11.5 Å². The lowest BCUT2D eigenvalue weighted by atomic mass is 9.95. The molecule has 0 unspecified atom stereocenters. The van der Waals surface area contributed by atoms with E-state index in [9.17, 15) is 13.2 Å². The van der Waals surface area contributed by atoms with Crippen molar-refractivity contribution in [1.82, 2.24) is 0 Å². The fourth-order valence-corrected chi connectivity index (χ4v) is 2.01. The third-order valence-electron chi connectivity index (χ3n) is 2.83. The van der Waals surface area contributed by atoms with Gasteiger partial charge in [0.2, 0.25) is 0 Å². The van der Waals surface area contributed by atoms with Crippen LogP contribution in [0.4, 0.5) is 24.5 Å². The molecule has 7 heteroatoms. The second kappa shape index (κ2) is 6.05. The minimum absolute atomic E-state index is 0.0631. The first-order chi connectivity index (χ1) is 9.95. The van der Waals surface area contributed by atoms with Crippen LogP contribution in [0.2, 0.25) is 0 Å². The number of nitrogen functional groups attached to an aromatic ring is 2. The zero-order valence-electron chi connectivity index (χ0n) is 12.4. The van der Waals surface area contributed by atoms with E-state index in [1.807, 2.05) is 13.8 Å². The zero-order valence-corrected chi connectivity index (χ0v) is 12.4. The molecule has 1 rings (SSSR count). The van der Waals surface area contributed by atoms with Gasteiger partial charge in [-0.25, -0.2) is 0 Å². The van der Waals surface area contributed by atoms with Gasteiger partial charge in [0, 0.05) is 33.9 Å². The van der Waals surface area contributed by atoms with Gasteiger partial charge >= 0.3 is 6.18 Å². The molecule has 120 valence electrons. The largest absolute Gasteiger partial charge is 0.416 e. The maximum atomic E-state index is 12.8. The summed E-state index contributed by atoms with van der Waals surface area (Å²) in [6.07, 6.45) is -2.93. The van der Waals surface area contributed by atoms with E-state index in [0.717, 1.165) is 17.7 Å². The predicted octanol–water partition coefficient (Wildman–Crippen LogP) is 2.98. The first kappa shape index (κ1) is 17.5. The van der Waals surface area contributed by atoms with Gasteiger partial charge in [0.05, 0.1) is 5.56 Å². The normalized spacial score (nSPS) is 12.6. The van der Waals surface area contributed by atoms with E-state index >= 15 is 0 Å². The number of alkyl halides is 3. The Morgan fingerprint density at radius 2 is 1.55 bits per heavy atom. The lowest BCUT2D eigenvalue weighted by molar-refractivity contribution is -0.137. The summed E-state index contributed by atoms with van der Waals surface area (Å²) in [4.78, 5) is 0. The molecule has 0 spiro atoms. The smallest absolute Gasteiger partial charge is 0.399 e. The zero-order chi connectivity index (χ0) is 17.2. The van der Waals surface area contributed by atoms with E-state index in [1.165, 1.54) is 0 Å². The van der Waals surface area contributed by atoms with E-state index in [1.54, 1.807) is 6.08 Å². The molecule has 22 heavy (non-hydrogen) atoms. The maximum Gasteiger partial charge on any atom is 0.416 e. The van der Waals surface area contributed by atoms with Crippen LogP contribution in [0.15, 0.2) is 41.8 Å². The average molecular weight is 312 g/mol. The molecule has 0 heterocycles. The molecule has 0 aliphatic heterocycles. The number of halogens is 3. The molecule has 8 N–H and O–H groups in total. The molecule has 0 aliphatic rings. The lowest BCUT2D eigenvalue weighted by Crippen LogP contribution is -2.13. The average Bonchev–Trinajstić information content (AvgIpc) is 2.30. The Balaban J connectivity index is 3.67. The highest BCUT2D eigenvalue weighted by Gasteiger charge is 2.32. The first-order valence-corrected chi connectivity index (χ1v) is 6.31. The summed E-state index contributed by atoms with van der Waals surface area (Å²) in [5.74, 6) is 0. The monoisotopic (exact) mass is 312 g/mol. The van der Waals surface area contributed by atoms with Crippen molar-refractivity contribution in [3.63, 3.8) is 0 Å². The Hall–Kier alpha value is -2.57. The van der Waals surface area contributed by atoms with Crippen molar-refractivity contribution in [2.75, 3.05) is 11.5 Å². The topological polar surface area (TPSA) is 104 Å². The van der Waals surface area contributed by atoms with Crippen LogP contribution >= 0.6 is 0 Å². The summed E-state index contributed by atoms with van der Waals surface area (Å²) in [6.45, 7) is 7.21. The number of nitrogens with two attached hydrogens (primary N) is 4. The van der Waals surface area contributed by atoms with Crippen molar-refractivity contribution in [3.8, 4) is 0 Å². The molecule has 4 nitrogen and oxygen atoms in total. The van der Waals surface area contributed by atoms with Crippen LogP contribution in [0.1, 0.15) is 25.0 Å². The van der Waals surface area contributed by atoms with Gasteiger partial charge < -0.3 is 22.9 Å². The maximum absolute atomic E-state index is 12.8. The molecule has 0 amide bonds. The van der Waals surface area contributed by atoms with E-state index in [2.05, 4.69) is 6.58 Å². The van der Waals surface area contributed by atoms with Crippen molar-refractivity contribution < 1.29 is 13.2 Å². The van der Waals surface area contributed by atoms with Crippen LogP contribution in [-0.2, 0) is 6.18 Å². The van der Waals surface area contributed by atoms with Crippen molar-refractivity contribution in [3.05, 3.63) is 52.9 Å². The van der Waals surface area contributed by atoms with Crippen LogP contribution < -0.4 is 22.9 Å². The third kappa shape index (κ3) is 3.75. The number of benzene rings is 1. The molecule has 0 saturated carbocycles. The van der Waals surface area contributed by atoms with Crippen molar-refractivity contribution in [2.45, 2.75) is 20.0 Å². The molecule has 0 radical (unpaired) electrons. The molecule has 1 aromatic rings. The summed E-state index contributed by atoms with van der Waals surface area (Å²) in [6, 6.07) is 1.59. The standard InChI is InChI=1S/C15H19F3N4/c1-7(2)4-10(20)13(8(3)19)14-11(21)5-9(6-12(14)22)15(16,17)18/h4-6H,3,19-22H2,1-2H3/b13-10-. The van der Waals surface area contributed by atoms with Crippen molar-refractivity contribution >= 4 is 16.9 Å². The van der Waals surface area contributed by atoms with E-state index in [4.69, 9.17) is 22.9 Å². The summed E-state index contributed by atoms with van der Waals surface area (Å²) in [5.41, 5.74) is 23.4. The second-order valence-electron chi connectivity index (χ2n) is 5.10.